The predicted molar refractivity (Wildman–Crippen MR) is 87.1 cm³/mol. The van der Waals surface area contributed by atoms with Crippen molar-refractivity contribution in [2.75, 3.05) is 0 Å². The molecule has 1 aliphatic heterocycles. The van der Waals surface area contributed by atoms with Crippen molar-refractivity contribution in [1.29, 1.82) is 0 Å². The molecule has 2 atom stereocenters. The van der Waals surface area contributed by atoms with Crippen molar-refractivity contribution >= 4 is 16.8 Å². The largest absolute Gasteiger partial charge is 0.295 e. The fourth-order valence-corrected chi connectivity index (χ4v) is 3.35. The van der Waals surface area contributed by atoms with E-state index in [4.69, 9.17) is 0 Å². The Labute approximate surface area is 124 Å². The summed E-state index contributed by atoms with van der Waals surface area (Å²) >= 11 is 1.81. The summed E-state index contributed by atoms with van der Waals surface area (Å²) in [4.78, 5) is 0. The number of aryl methyl sites for hydroxylation is 1. The third-order valence-electron chi connectivity index (χ3n) is 3.61. The van der Waals surface area contributed by atoms with Gasteiger partial charge in [-0.3, -0.25) is 5.43 Å². The number of hydrogen-bond acceptors (Lipinski definition) is 3. The van der Waals surface area contributed by atoms with Crippen LogP contribution in [-0.2, 0) is 0 Å². The zero-order valence-corrected chi connectivity index (χ0v) is 12.5. The van der Waals surface area contributed by atoms with E-state index in [1.54, 1.807) is 0 Å². The quantitative estimate of drug-likeness (QED) is 0.915. The van der Waals surface area contributed by atoms with Crippen LogP contribution >= 0.6 is 11.8 Å². The van der Waals surface area contributed by atoms with E-state index in [1.807, 2.05) is 11.8 Å². The lowest BCUT2D eigenvalue weighted by molar-refractivity contribution is 0.609. The third kappa shape index (κ3) is 2.73. The number of hydrazone groups is 1. The van der Waals surface area contributed by atoms with Gasteiger partial charge in [-0.2, -0.15) is 5.10 Å². The third-order valence-corrected chi connectivity index (χ3v) is 4.93. The second-order valence-corrected chi connectivity index (χ2v) is 6.28. The van der Waals surface area contributed by atoms with E-state index in [0.29, 0.717) is 11.3 Å². The highest BCUT2D eigenvalue weighted by atomic mass is 32.2. The molecule has 0 spiro atoms. The van der Waals surface area contributed by atoms with Crippen LogP contribution in [0.25, 0.3) is 0 Å². The lowest BCUT2D eigenvalue weighted by Gasteiger charge is -2.18. The first-order chi connectivity index (χ1) is 9.74. The van der Waals surface area contributed by atoms with Crippen molar-refractivity contribution < 1.29 is 0 Å². The second-order valence-electron chi connectivity index (χ2n) is 5.15. The van der Waals surface area contributed by atoms with Crippen LogP contribution in [0, 0.1) is 6.92 Å². The lowest BCUT2D eigenvalue weighted by Crippen LogP contribution is -2.22. The molecule has 0 radical (unpaired) electrons. The van der Waals surface area contributed by atoms with E-state index >= 15 is 0 Å². The molecule has 0 fully saturated rings. The van der Waals surface area contributed by atoms with Gasteiger partial charge < -0.3 is 0 Å². The summed E-state index contributed by atoms with van der Waals surface area (Å²) in [6.45, 7) is 4.35. The molecule has 3 heteroatoms. The molecule has 0 aliphatic carbocycles. The maximum atomic E-state index is 4.49. The Kier molecular flexibility index (Phi) is 3.79. The molecule has 1 heterocycles. The Morgan fingerprint density at radius 2 is 1.75 bits per heavy atom. The fraction of sp³-hybridized carbons (Fsp3) is 0.235. The Balaban J connectivity index is 1.71. The Morgan fingerprint density at radius 1 is 1.05 bits per heavy atom. The van der Waals surface area contributed by atoms with Gasteiger partial charge in [-0.1, -0.05) is 78.8 Å². The smallest absolute Gasteiger partial charge is 0.125 e. The molecule has 0 amide bonds. The Hall–Kier alpha value is -1.74. The molecule has 0 unspecified atom stereocenters. The van der Waals surface area contributed by atoms with Gasteiger partial charge in [-0.05, 0) is 12.5 Å². The SMILES string of the molecule is Cc1ccc(C2=NN[C@@H]([C@@H](C)c3ccccc3)S2)cc1. The fourth-order valence-electron chi connectivity index (χ4n) is 2.27. The van der Waals surface area contributed by atoms with Gasteiger partial charge in [-0.15, -0.1) is 0 Å². The summed E-state index contributed by atoms with van der Waals surface area (Å²) in [5.41, 5.74) is 7.08. The van der Waals surface area contributed by atoms with Crippen LogP contribution in [0.4, 0.5) is 0 Å². The van der Waals surface area contributed by atoms with Crippen molar-refractivity contribution in [1.82, 2.24) is 5.43 Å². The van der Waals surface area contributed by atoms with Gasteiger partial charge in [0.2, 0.25) is 0 Å². The minimum absolute atomic E-state index is 0.300. The first-order valence-electron chi connectivity index (χ1n) is 6.86. The molecular weight excluding hydrogens is 264 g/mol. The molecule has 0 saturated heterocycles. The van der Waals surface area contributed by atoms with Gasteiger partial charge in [0.1, 0.15) is 10.4 Å². The minimum atomic E-state index is 0.300. The van der Waals surface area contributed by atoms with Gasteiger partial charge in [0, 0.05) is 11.5 Å². The predicted octanol–water partition coefficient (Wildman–Crippen LogP) is 4.12. The van der Waals surface area contributed by atoms with E-state index in [9.17, 15) is 0 Å². The number of benzene rings is 2. The summed E-state index contributed by atoms with van der Waals surface area (Å²) in [5.74, 6) is 0.424. The zero-order chi connectivity index (χ0) is 13.9. The van der Waals surface area contributed by atoms with Crippen LogP contribution in [0.15, 0.2) is 59.7 Å². The summed E-state index contributed by atoms with van der Waals surface area (Å²) in [7, 11) is 0. The Morgan fingerprint density at radius 3 is 2.45 bits per heavy atom. The monoisotopic (exact) mass is 282 g/mol. The number of hydrogen-bond donors (Lipinski definition) is 1. The highest BCUT2D eigenvalue weighted by Gasteiger charge is 2.26. The zero-order valence-electron chi connectivity index (χ0n) is 11.7. The average molecular weight is 282 g/mol. The summed E-state index contributed by atoms with van der Waals surface area (Å²) in [5, 5.41) is 5.87. The molecule has 20 heavy (non-hydrogen) atoms. The maximum absolute atomic E-state index is 4.49. The minimum Gasteiger partial charge on any atom is -0.295 e. The van der Waals surface area contributed by atoms with Crippen molar-refractivity contribution in [2.24, 2.45) is 5.10 Å². The molecular formula is C17H18N2S. The van der Waals surface area contributed by atoms with Crippen LogP contribution in [0.2, 0.25) is 0 Å². The lowest BCUT2D eigenvalue weighted by atomic mass is 10.0. The van der Waals surface area contributed by atoms with Crippen LogP contribution < -0.4 is 5.43 Å². The normalized spacial score (nSPS) is 19.3. The van der Waals surface area contributed by atoms with Gasteiger partial charge >= 0.3 is 0 Å². The second kappa shape index (κ2) is 5.71. The summed E-state index contributed by atoms with van der Waals surface area (Å²) in [6, 6.07) is 19.1. The molecule has 2 aromatic rings. The van der Waals surface area contributed by atoms with Crippen molar-refractivity contribution in [2.45, 2.75) is 25.1 Å². The van der Waals surface area contributed by atoms with Gasteiger partial charge in [0.05, 0.1) is 0 Å². The number of rotatable bonds is 3. The topological polar surface area (TPSA) is 24.4 Å². The van der Waals surface area contributed by atoms with E-state index in [2.05, 4.69) is 79.0 Å². The number of thioether (sulfide) groups is 1. The van der Waals surface area contributed by atoms with Crippen molar-refractivity contribution in [3.8, 4) is 0 Å². The van der Waals surface area contributed by atoms with E-state index in [1.165, 1.54) is 16.7 Å². The van der Waals surface area contributed by atoms with Gasteiger partial charge in [0.25, 0.3) is 0 Å². The molecule has 102 valence electrons. The maximum Gasteiger partial charge on any atom is 0.125 e. The molecule has 0 bridgehead atoms. The Bertz CT molecular complexity index is 605. The van der Waals surface area contributed by atoms with Gasteiger partial charge in [-0.25, -0.2) is 0 Å². The molecule has 2 aromatic carbocycles. The number of nitrogens with one attached hydrogen (secondary N) is 1. The molecule has 0 aromatic heterocycles. The molecule has 0 saturated carbocycles. The van der Waals surface area contributed by atoms with Crippen molar-refractivity contribution in [3.05, 3.63) is 71.3 Å². The molecule has 1 aliphatic rings. The van der Waals surface area contributed by atoms with Crippen LogP contribution in [0.5, 0.6) is 0 Å². The first-order valence-corrected chi connectivity index (χ1v) is 7.74. The average Bonchev–Trinajstić information content (AvgIpc) is 2.98. The summed E-state index contributed by atoms with van der Waals surface area (Å²) < 4.78 is 0. The summed E-state index contributed by atoms with van der Waals surface area (Å²) in [6.07, 6.45) is 0. The van der Waals surface area contributed by atoms with E-state index in [0.717, 1.165) is 5.04 Å². The number of nitrogens with zero attached hydrogens (tertiary/aromatic N) is 1. The van der Waals surface area contributed by atoms with Gasteiger partial charge in [0.15, 0.2) is 0 Å². The molecule has 2 nitrogen and oxygen atoms in total. The standard InChI is InChI=1S/C17H18N2S/c1-12-8-10-15(11-9-12)17-19-18-16(20-17)13(2)14-6-4-3-5-7-14/h3-11,13,16,18H,1-2H3/t13-,16+/m0/s1. The molecule has 3 rings (SSSR count). The highest BCUT2D eigenvalue weighted by molar-refractivity contribution is 8.15. The van der Waals surface area contributed by atoms with Crippen LogP contribution in [0.1, 0.15) is 29.5 Å². The van der Waals surface area contributed by atoms with Crippen LogP contribution in [-0.4, -0.2) is 10.4 Å². The van der Waals surface area contributed by atoms with E-state index in [-0.39, 0.29) is 0 Å². The molecule has 1 N–H and O–H groups in total. The highest BCUT2D eigenvalue weighted by Crippen LogP contribution is 2.32. The first kappa shape index (κ1) is 13.3. The van der Waals surface area contributed by atoms with Crippen molar-refractivity contribution in [3.63, 3.8) is 0 Å². The van der Waals surface area contributed by atoms with E-state index < -0.39 is 0 Å². The van der Waals surface area contributed by atoms with Crippen LogP contribution in [0.3, 0.4) is 0 Å².